The Morgan fingerprint density at radius 1 is 0.284 bits per heavy atom. The third-order valence-electron chi connectivity index (χ3n) is 14.5. The van der Waals surface area contributed by atoms with E-state index < -0.39 is 5.41 Å². The number of hydrogen-bond donors (Lipinski definition) is 0. The molecule has 0 bridgehead atoms. The average molecular weight is 852 g/mol. The van der Waals surface area contributed by atoms with E-state index in [2.05, 4.69) is 248 Å². The van der Waals surface area contributed by atoms with Crippen molar-refractivity contribution in [2.45, 2.75) is 5.41 Å². The molecule has 1 aromatic heterocycles. The van der Waals surface area contributed by atoms with E-state index in [4.69, 9.17) is 4.42 Å². The van der Waals surface area contributed by atoms with Crippen LogP contribution in [-0.4, -0.2) is 0 Å². The molecule has 1 spiro atoms. The molecular formula is C65H41NO. The van der Waals surface area contributed by atoms with E-state index >= 15 is 0 Å². The number of fused-ring (bicyclic) bond motifs is 14. The van der Waals surface area contributed by atoms with Gasteiger partial charge >= 0.3 is 0 Å². The molecule has 312 valence electrons. The standard InChI is InChI=1S/C65H41NO/c1-2-14-42(15-3-1)43-28-33-47(34-29-43)66(48-35-30-45(31-36-48)52-23-13-24-57-56-21-8-11-27-63(56)67-64(52)57)49-37-38-55-58-40-46(51-22-12-17-44-16-4-5-18-50(44)51)32-39-61(58)65(62(55)41-49)59-25-9-6-19-53(59)54-20-7-10-26-60(54)65/h1-41H. The largest absolute Gasteiger partial charge is 0.455 e. The topological polar surface area (TPSA) is 16.4 Å². The Labute approximate surface area is 389 Å². The van der Waals surface area contributed by atoms with Gasteiger partial charge in [-0.1, -0.05) is 200 Å². The summed E-state index contributed by atoms with van der Waals surface area (Å²) in [6.45, 7) is 0. The normalized spacial score (nSPS) is 12.9. The van der Waals surface area contributed by atoms with Gasteiger partial charge in [0.2, 0.25) is 0 Å². The van der Waals surface area contributed by atoms with Gasteiger partial charge in [0.15, 0.2) is 0 Å². The maximum absolute atomic E-state index is 6.51. The lowest BCUT2D eigenvalue weighted by molar-refractivity contribution is 0.670. The van der Waals surface area contributed by atoms with Gasteiger partial charge in [0, 0.05) is 33.4 Å². The molecule has 11 aromatic carbocycles. The summed E-state index contributed by atoms with van der Waals surface area (Å²) in [5.41, 5.74) is 22.0. The fraction of sp³-hybridized carbons (Fsp3) is 0.0154. The van der Waals surface area contributed by atoms with Crippen molar-refractivity contribution in [3.63, 3.8) is 0 Å². The molecule has 0 unspecified atom stereocenters. The molecule has 2 aliphatic rings. The Bertz CT molecular complexity index is 3870. The molecule has 0 saturated carbocycles. The van der Waals surface area contributed by atoms with Gasteiger partial charge in [-0.05, 0) is 132 Å². The van der Waals surface area contributed by atoms with Crippen molar-refractivity contribution >= 4 is 49.8 Å². The Balaban J connectivity index is 0.975. The van der Waals surface area contributed by atoms with Crippen molar-refractivity contribution in [3.8, 4) is 55.6 Å². The highest BCUT2D eigenvalue weighted by Gasteiger charge is 2.51. The molecule has 0 fully saturated rings. The van der Waals surface area contributed by atoms with E-state index in [1.807, 2.05) is 6.07 Å². The molecule has 0 N–H and O–H groups in total. The van der Waals surface area contributed by atoms with Gasteiger partial charge in [0.1, 0.15) is 11.2 Å². The number of rotatable bonds is 6. The minimum absolute atomic E-state index is 0.511. The van der Waals surface area contributed by atoms with E-state index in [9.17, 15) is 0 Å². The molecule has 14 rings (SSSR count). The van der Waals surface area contributed by atoms with Crippen LogP contribution in [0.25, 0.3) is 88.3 Å². The molecule has 67 heavy (non-hydrogen) atoms. The SMILES string of the molecule is c1ccc(-c2ccc(N(c3ccc(-c4cccc5c4oc4ccccc45)cc3)c3ccc4c(c3)C3(c5ccccc5-c5ccccc53)c3ccc(-c5cccc6ccccc56)cc3-4)cc2)cc1. The first-order chi connectivity index (χ1) is 33.2. The maximum atomic E-state index is 6.51. The highest BCUT2D eigenvalue weighted by atomic mass is 16.3. The number of para-hydroxylation sites is 2. The molecule has 0 atom stereocenters. The number of hydrogen-bond acceptors (Lipinski definition) is 2. The molecule has 2 heteroatoms. The summed E-state index contributed by atoms with van der Waals surface area (Å²) in [6, 6.07) is 91.4. The molecule has 2 aliphatic carbocycles. The summed E-state index contributed by atoms with van der Waals surface area (Å²) in [5.74, 6) is 0. The van der Waals surface area contributed by atoms with Crippen LogP contribution in [0.5, 0.6) is 0 Å². The van der Waals surface area contributed by atoms with E-state index in [1.54, 1.807) is 0 Å². The van der Waals surface area contributed by atoms with Crippen LogP contribution < -0.4 is 4.90 Å². The molecule has 0 aliphatic heterocycles. The third-order valence-corrected chi connectivity index (χ3v) is 14.5. The van der Waals surface area contributed by atoms with Crippen LogP contribution >= 0.6 is 0 Å². The molecule has 12 aromatic rings. The van der Waals surface area contributed by atoms with Crippen LogP contribution in [0.15, 0.2) is 253 Å². The van der Waals surface area contributed by atoms with Gasteiger partial charge in [0.25, 0.3) is 0 Å². The summed E-state index contributed by atoms with van der Waals surface area (Å²) in [4.78, 5) is 2.42. The Morgan fingerprint density at radius 3 is 1.58 bits per heavy atom. The second-order valence-electron chi connectivity index (χ2n) is 17.9. The average Bonchev–Trinajstić information content (AvgIpc) is 4.03. The quantitative estimate of drug-likeness (QED) is 0.166. The maximum Gasteiger partial charge on any atom is 0.143 e. The lowest BCUT2D eigenvalue weighted by Gasteiger charge is -2.32. The third kappa shape index (κ3) is 5.57. The van der Waals surface area contributed by atoms with Gasteiger partial charge in [-0.3, -0.25) is 0 Å². The van der Waals surface area contributed by atoms with Crippen LogP contribution in [0.1, 0.15) is 22.3 Å². The first-order valence-corrected chi connectivity index (χ1v) is 23.2. The second kappa shape index (κ2) is 14.7. The number of nitrogens with zero attached hydrogens (tertiary/aromatic N) is 1. The summed E-state index contributed by atoms with van der Waals surface area (Å²) < 4.78 is 6.51. The summed E-state index contributed by atoms with van der Waals surface area (Å²) >= 11 is 0. The highest BCUT2D eigenvalue weighted by molar-refractivity contribution is 6.09. The predicted molar refractivity (Wildman–Crippen MR) is 279 cm³/mol. The van der Waals surface area contributed by atoms with E-state index in [-0.39, 0.29) is 0 Å². The summed E-state index contributed by atoms with van der Waals surface area (Å²) in [6.07, 6.45) is 0. The van der Waals surface area contributed by atoms with Gasteiger partial charge in [0.05, 0.1) is 5.41 Å². The zero-order chi connectivity index (χ0) is 44.1. The molecular weight excluding hydrogens is 811 g/mol. The number of benzene rings is 11. The van der Waals surface area contributed by atoms with Gasteiger partial charge < -0.3 is 9.32 Å². The van der Waals surface area contributed by atoms with Gasteiger partial charge in [-0.15, -0.1) is 0 Å². The van der Waals surface area contributed by atoms with Gasteiger partial charge in [-0.25, -0.2) is 0 Å². The van der Waals surface area contributed by atoms with Crippen LogP contribution in [0.2, 0.25) is 0 Å². The van der Waals surface area contributed by atoms with Crippen molar-refractivity contribution < 1.29 is 4.42 Å². The van der Waals surface area contributed by atoms with E-state index in [0.29, 0.717) is 0 Å². The Hall–Kier alpha value is -8.72. The molecule has 0 saturated heterocycles. The summed E-state index contributed by atoms with van der Waals surface area (Å²) in [7, 11) is 0. The fourth-order valence-electron chi connectivity index (χ4n) is 11.6. The smallest absolute Gasteiger partial charge is 0.143 e. The van der Waals surface area contributed by atoms with Crippen molar-refractivity contribution in [1.29, 1.82) is 0 Å². The van der Waals surface area contributed by atoms with Crippen molar-refractivity contribution in [3.05, 3.63) is 271 Å². The van der Waals surface area contributed by atoms with Crippen LogP contribution in [0.4, 0.5) is 17.1 Å². The molecule has 1 heterocycles. The lowest BCUT2D eigenvalue weighted by atomic mass is 9.70. The van der Waals surface area contributed by atoms with Crippen molar-refractivity contribution in [2.75, 3.05) is 4.90 Å². The zero-order valence-electron chi connectivity index (χ0n) is 36.5. The van der Waals surface area contributed by atoms with Gasteiger partial charge in [-0.2, -0.15) is 0 Å². The van der Waals surface area contributed by atoms with Crippen molar-refractivity contribution in [2.24, 2.45) is 0 Å². The molecule has 2 nitrogen and oxygen atoms in total. The monoisotopic (exact) mass is 851 g/mol. The minimum Gasteiger partial charge on any atom is -0.455 e. The first kappa shape index (κ1) is 37.6. The molecule has 0 radical (unpaired) electrons. The van der Waals surface area contributed by atoms with E-state index in [0.717, 1.165) is 50.1 Å². The zero-order valence-corrected chi connectivity index (χ0v) is 36.5. The second-order valence-corrected chi connectivity index (χ2v) is 17.9. The Morgan fingerprint density at radius 2 is 0.806 bits per heavy atom. The van der Waals surface area contributed by atoms with Crippen molar-refractivity contribution in [1.82, 2.24) is 0 Å². The highest BCUT2D eigenvalue weighted by Crippen LogP contribution is 2.64. The fourth-order valence-corrected chi connectivity index (χ4v) is 11.6. The predicted octanol–water partition coefficient (Wildman–Crippen LogP) is 17.6. The number of anilines is 3. The van der Waals surface area contributed by atoms with Crippen LogP contribution in [0, 0.1) is 0 Å². The lowest BCUT2D eigenvalue weighted by Crippen LogP contribution is -2.26. The van der Waals surface area contributed by atoms with E-state index in [1.165, 1.54) is 77.5 Å². The summed E-state index contributed by atoms with van der Waals surface area (Å²) in [5, 5.41) is 4.77. The van der Waals surface area contributed by atoms with Crippen LogP contribution in [0.3, 0.4) is 0 Å². The van der Waals surface area contributed by atoms with Crippen LogP contribution in [-0.2, 0) is 5.41 Å². The first-order valence-electron chi connectivity index (χ1n) is 23.2. The minimum atomic E-state index is -0.511. The number of furan rings is 1. The molecule has 0 amide bonds. The Kier molecular flexibility index (Phi) is 8.23.